The van der Waals surface area contributed by atoms with Crippen molar-refractivity contribution in [2.45, 2.75) is 13.8 Å². The highest BCUT2D eigenvalue weighted by Crippen LogP contribution is 2.22. The number of aromatic nitrogens is 1. The van der Waals surface area contributed by atoms with E-state index < -0.39 is 0 Å². The maximum absolute atomic E-state index is 13.1. The second-order valence-corrected chi connectivity index (χ2v) is 5.50. The standard InChI is InChI=1S/C17H19FN2O2/c1-12-11-16(17(21)19-7-9-22-10-8-19)13(2)20(12)15-5-3-14(18)4-6-15/h3-6,11H,7-10H2,1-2H3. The maximum atomic E-state index is 13.1. The Hall–Kier alpha value is -2.14. The van der Waals surface area contributed by atoms with Crippen LogP contribution in [0.4, 0.5) is 4.39 Å². The molecule has 0 saturated carbocycles. The molecule has 2 heterocycles. The molecule has 22 heavy (non-hydrogen) atoms. The van der Waals surface area contributed by atoms with Gasteiger partial charge in [0.05, 0.1) is 18.8 Å². The fourth-order valence-corrected chi connectivity index (χ4v) is 2.90. The summed E-state index contributed by atoms with van der Waals surface area (Å²) in [5.41, 5.74) is 3.39. The number of morpholine rings is 1. The van der Waals surface area contributed by atoms with Gasteiger partial charge >= 0.3 is 0 Å². The predicted molar refractivity (Wildman–Crippen MR) is 81.9 cm³/mol. The van der Waals surface area contributed by atoms with Crippen molar-refractivity contribution < 1.29 is 13.9 Å². The Kier molecular flexibility index (Phi) is 3.98. The van der Waals surface area contributed by atoms with Gasteiger partial charge in [0.1, 0.15) is 5.82 Å². The van der Waals surface area contributed by atoms with E-state index in [9.17, 15) is 9.18 Å². The van der Waals surface area contributed by atoms with Crippen LogP contribution in [0.3, 0.4) is 0 Å². The second kappa shape index (κ2) is 5.93. The third-order valence-corrected chi connectivity index (χ3v) is 4.04. The molecule has 0 N–H and O–H groups in total. The van der Waals surface area contributed by atoms with E-state index in [1.165, 1.54) is 12.1 Å². The minimum absolute atomic E-state index is 0.0322. The summed E-state index contributed by atoms with van der Waals surface area (Å²) in [7, 11) is 0. The molecule has 3 rings (SSSR count). The summed E-state index contributed by atoms with van der Waals surface area (Å²) >= 11 is 0. The minimum atomic E-state index is -0.268. The lowest BCUT2D eigenvalue weighted by Crippen LogP contribution is -2.40. The van der Waals surface area contributed by atoms with Crippen LogP contribution >= 0.6 is 0 Å². The molecule has 1 aromatic carbocycles. The Morgan fingerprint density at radius 2 is 1.77 bits per heavy atom. The van der Waals surface area contributed by atoms with Gasteiger partial charge in [-0.3, -0.25) is 4.79 Å². The van der Waals surface area contributed by atoms with Gasteiger partial charge in [-0.2, -0.15) is 0 Å². The molecular weight excluding hydrogens is 283 g/mol. The Bertz CT molecular complexity index is 685. The van der Waals surface area contributed by atoms with Crippen molar-refractivity contribution in [2.75, 3.05) is 26.3 Å². The van der Waals surface area contributed by atoms with Gasteiger partial charge in [0.2, 0.25) is 0 Å². The number of halogens is 1. The van der Waals surface area contributed by atoms with Gasteiger partial charge < -0.3 is 14.2 Å². The van der Waals surface area contributed by atoms with Crippen molar-refractivity contribution in [3.63, 3.8) is 0 Å². The van der Waals surface area contributed by atoms with E-state index >= 15 is 0 Å². The van der Waals surface area contributed by atoms with Gasteiger partial charge in [0.15, 0.2) is 0 Å². The molecule has 1 fully saturated rings. The topological polar surface area (TPSA) is 34.5 Å². The van der Waals surface area contributed by atoms with Crippen LogP contribution in [0, 0.1) is 19.7 Å². The number of ether oxygens (including phenoxy) is 1. The fourth-order valence-electron chi connectivity index (χ4n) is 2.90. The number of rotatable bonds is 2. The zero-order valence-electron chi connectivity index (χ0n) is 12.8. The SMILES string of the molecule is Cc1cc(C(=O)N2CCOCC2)c(C)n1-c1ccc(F)cc1. The average molecular weight is 302 g/mol. The molecule has 0 radical (unpaired) electrons. The number of aryl methyl sites for hydroxylation is 1. The van der Waals surface area contributed by atoms with Crippen LogP contribution in [0.1, 0.15) is 21.7 Å². The van der Waals surface area contributed by atoms with Gasteiger partial charge in [-0.25, -0.2) is 4.39 Å². The van der Waals surface area contributed by atoms with Crippen LogP contribution in [0.5, 0.6) is 0 Å². The first-order chi connectivity index (χ1) is 10.6. The first kappa shape index (κ1) is 14.8. The summed E-state index contributed by atoms with van der Waals surface area (Å²) in [6.45, 7) is 6.29. The number of nitrogens with zero attached hydrogens (tertiary/aromatic N) is 2. The number of carbonyl (C=O) groups excluding carboxylic acids is 1. The van der Waals surface area contributed by atoms with Crippen LogP contribution in [0.2, 0.25) is 0 Å². The summed E-state index contributed by atoms with van der Waals surface area (Å²) in [5, 5.41) is 0. The highest BCUT2D eigenvalue weighted by atomic mass is 19.1. The lowest BCUT2D eigenvalue weighted by Gasteiger charge is -2.26. The van der Waals surface area contributed by atoms with Crippen LogP contribution in [-0.2, 0) is 4.74 Å². The van der Waals surface area contributed by atoms with Crippen molar-refractivity contribution >= 4 is 5.91 Å². The number of hydrogen-bond acceptors (Lipinski definition) is 2. The lowest BCUT2D eigenvalue weighted by atomic mass is 10.2. The molecule has 4 nitrogen and oxygen atoms in total. The van der Waals surface area contributed by atoms with Crippen molar-refractivity contribution in [1.29, 1.82) is 0 Å². The molecule has 1 amide bonds. The molecule has 2 aromatic rings. The molecule has 1 aliphatic rings. The molecule has 0 spiro atoms. The second-order valence-electron chi connectivity index (χ2n) is 5.50. The van der Waals surface area contributed by atoms with E-state index in [1.54, 1.807) is 12.1 Å². The Morgan fingerprint density at radius 1 is 1.14 bits per heavy atom. The fraction of sp³-hybridized carbons (Fsp3) is 0.353. The highest BCUT2D eigenvalue weighted by molar-refractivity contribution is 5.96. The third-order valence-electron chi connectivity index (χ3n) is 4.04. The molecule has 5 heteroatoms. The van der Waals surface area contributed by atoms with E-state index in [2.05, 4.69) is 0 Å². The quantitative estimate of drug-likeness (QED) is 0.855. The zero-order valence-corrected chi connectivity index (χ0v) is 12.8. The van der Waals surface area contributed by atoms with Gasteiger partial charge in [0, 0.05) is 30.2 Å². The van der Waals surface area contributed by atoms with Crippen LogP contribution in [0.25, 0.3) is 5.69 Å². The molecule has 1 saturated heterocycles. The molecule has 1 aromatic heterocycles. The van der Waals surface area contributed by atoms with E-state index in [1.807, 2.05) is 29.4 Å². The molecule has 116 valence electrons. The average Bonchev–Trinajstić information content (AvgIpc) is 2.83. The Labute approximate surface area is 129 Å². The smallest absolute Gasteiger partial charge is 0.255 e. The first-order valence-corrected chi connectivity index (χ1v) is 7.40. The summed E-state index contributed by atoms with van der Waals surface area (Å²) in [4.78, 5) is 14.5. The summed E-state index contributed by atoms with van der Waals surface area (Å²) < 4.78 is 20.4. The maximum Gasteiger partial charge on any atom is 0.255 e. The molecule has 0 unspecified atom stereocenters. The lowest BCUT2D eigenvalue weighted by molar-refractivity contribution is 0.0302. The van der Waals surface area contributed by atoms with Crippen molar-refractivity contribution in [3.8, 4) is 5.69 Å². The first-order valence-electron chi connectivity index (χ1n) is 7.40. The Balaban J connectivity index is 1.95. The number of carbonyl (C=O) groups is 1. The molecule has 0 bridgehead atoms. The largest absolute Gasteiger partial charge is 0.378 e. The Morgan fingerprint density at radius 3 is 2.41 bits per heavy atom. The zero-order chi connectivity index (χ0) is 15.7. The molecular formula is C17H19FN2O2. The van der Waals surface area contributed by atoms with Gasteiger partial charge in [-0.1, -0.05) is 0 Å². The third kappa shape index (κ3) is 2.64. The van der Waals surface area contributed by atoms with E-state index in [-0.39, 0.29) is 11.7 Å². The normalized spacial score (nSPS) is 15.1. The highest BCUT2D eigenvalue weighted by Gasteiger charge is 2.23. The van der Waals surface area contributed by atoms with Crippen molar-refractivity contribution in [1.82, 2.24) is 9.47 Å². The number of amides is 1. The number of benzene rings is 1. The number of hydrogen-bond donors (Lipinski definition) is 0. The molecule has 0 aliphatic carbocycles. The molecule has 1 aliphatic heterocycles. The summed E-state index contributed by atoms with van der Waals surface area (Å²) in [5.74, 6) is -0.236. The minimum Gasteiger partial charge on any atom is -0.378 e. The van der Waals surface area contributed by atoms with Gasteiger partial charge in [-0.05, 0) is 44.2 Å². The van der Waals surface area contributed by atoms with Crippen LogP contribution in [0.15, 0.2) is 30.3 Å². The molecule has 0 atom stereocenters. The van der Waals surface area contributed by atoms with Crippen molar-refractivity contribution in [2.24, 2.45) is 0 Å². The van der Waals surface area contributed by atoms with Gasteiger partial charge in [-0.15, -0.1) is 0 Å². The van der Waals surface area contributed by atoms with Crippen molar-refractivity contribution in [3.05, 3.63) is 53.1 Å². The monoisotopic (exact) mass is 302 g/mol. The predicted octanol–water partition coefficient (Wildman–Crippen LogP) is 2.71. The van der Waals surface area contributed by atoms with Gasteiger partial charge in [0.25, 0.3) is 5.91 Å². The summed E-state index contributed by atoms with van der Waals surface area (Å²) in [6, 6.07) is 8.20. The van der Waals surface area contributed by atoms with Crippen LogP contribution < -0.4 is 0 Å². The van der Waals surface area contributed by atoms with E-state index in [0.717, 1.165) is 17.1 Å². The summed E-state index contributed by atoms with van der Waals surface area (Å²) in [6.07, 6.45) is 0. The van der Waals surface area contributed by atoms with E-state index in [4.69, 9.17) is 4.74 Å². The van der Waals surface area contributed by atoms with Crippen LogP contribution in [-0.4, -0.2) is 41.7 Å². The van der Waals surface area contributed by atoms with E-state index in [0.29, 0.717) is 31.9 Å².